The molecule has 96 valence electrons. The predicted molar refractivity (Wildman–Crippen MR) is 65.2 cm³/mol. The van der Waals surface area contributed by atoms with Crippen molar-refractivity contribution in [3.8, 4) is 0 Å². The number of anilines is 2. The SMILES string of the molecule is Cc1ccc(S(=O)(=O)Nc2nnn(C)n2)cc1N. The third-order valence-corrected chi connectivity index (χ3v) is 3.62. The number of nitrogens with two attached hydrogens (primary N) is 1. The van der Waals surface area contributed by atoms with Crippen LogP contribution in [0.25, 0.3) is 0 Å². The molecule has 9 heteroatoms. The number of aromatic nitrogens is 4. The van der Waals surface area contributed by atoms with Crippen LogP contribution in [-0.4, -0.2) is 28.6 Å². The second-order valence-electron chi connectivity index (χ2n) is 3.73. The summed E-state index contributed by atoms with van der Waals surface area (Å²) in [6.07, 6.45) is 0. The van der Waals surface area contributed by atoms with Crippen LogP contribution in [-0.2, 0) is 17.1 Å². The van der Waals surface area contributed by atoms with E-state index in [0.717, 1.165) is 10.4 Å². The molecular formula is C9H12N6O2S. The van der Waals surface area contributed by atoms with Crippen molar-refractivity contribution < 1.29 is 8.42 Å². The van der Waals surface area contributed by atoms with Gasteiger partial charge in [-0.2, -0.15) is 4.80 Å². The maximum Gasteiger partial charge on any atom is 0.277 e. The summed E-state index contributed by atoms with van der Waals surface area (Å²) in [7, 11) is -2.21. The number of benzene rings is 1. The zero-order valence-corrected chi connectivity index (χ0v) is 10.6. The highest BCUT2D eigenvalue weighted by Gasteiger charge is 2.17. The van der Waals surface area contributed by atoms with Gasteiger partial charge in [0.25, 0.3) is 16.0 Å². The van der Waals surface area contributed by atoms with Gasteiger partial charge in [-0.15, -0.1) is 5.10 Å². The van der Waals surface area contributed by atoms with Gasteiger partial charge in [0.2, 0.25) is 0 Å². The summed E-state index contributed by atoms with van der Waals surface area (Å²) in [6, 6.07) is 4.48. The van der Waals surface area contributed by atoms with Gasteiger partial charge in [0.15, 0.2) is 0 Å². The van der Waals surface area contributed by atoms with E-state index in [0.29, 0.717) is 5.69 Å². The van der Waals surface area contributed by atoms with Crippen LogP contribution in [0.5, 0.6) is 0 Å². The lowest BCUT2D eigenvalue weighted by Gasteiger charge is -2.06. The molecule has 2 aromatic rings. The van der Waals surface area contributed by atoms with E-state index in [-0.39, 0.29) is 10.8 Å². The third-order valence-electron chi connectivity index (χ3n) is 2.29. The van der Waals surface area contributed by atoms with E-state index >= 15 is 0 Å². The lowest BCUT2D eigenvalue weighted by Crippen LogP contribution is -2.14. The van der Waals surface area contributed by atoms with Crippen molar-refractivity contribution in [1.82, 2.24) is 20.2 Å². The number of aryl methyl sites for hydroxylation is 2. The average molecular weight is 268 g/mol. The van der Waals surface area contributed by atoms with Gasteiger partial charge in [-0.3, -0.25) is 0 Å². The van der Waals surface area contributed by atoms with Crippen LogP contribution in [0.1, 0.15) is 5.56 Å². The number of hydrogen-bond acceptors (Lipinski definition) is 6. The normalized spacial score (nSPS) is 11.4. The van der Waals surface area contributed by atoms with Crippen molar-refractivity contribution in [2.45, 2.75) is 11.8 Å². The van der Waals surface area contributed by atoms with Crippen LogP contribution in [0, 0.1) is 6.92 Å². The smallest absolute Gasteiger partial charge is 0.277 e. The van der Waals surface area contributed by atoms with E-state index in [1.807, 2.05) is 0 Å². The molecule has 3 N–H and O–H groups in total. The van der Waals surface area contributed by atoms with Crippen molar-refractivity contribution in [3.63, 3.8) is 0 Å². The van der Waals surface area contributed by atoms with Crippen molar-refractivity contribution >= 4 is 21.7 Å². The lowest BCUT2D eigenvalue weighted by molar-refractivity contribution is 0.600. The highest BCUT2D eigenvalue weighted by Crippen LogP contribution is 2.18. The number of sulfonamides is 1. The summed E-state index contributed by atoms with van der Waals surface area (Å²) in [5.74, 6) is -0.0864. The van der Waals surface area contributed by atoms with Gasteiger partial charge in [-0.05, 0) is 29.8 Å². The monoisotopic (exact) mass is 268 g/mol. The minimum atomic E-state index is -3.75. The van der Waals surface area contributed by atoms with E-state index in [2.05, 4.69) is 20.1 Å². The van der Waals surface area contributed by atoms with E-state index in [4.69, 9.17) is 5.73 Å². The Labute approximate surface area is 104 Å². The maximum absolute atomic E-state index is 12.0. The Bertz CT molecular complexity index is 678. The Kier molecular flexibility index (Phi) is 2.91. The van der Waals surface area contributed by atoms with Crippen molar-refractivity contribution in [2.75, 3.05) is 10.5 Å². The number of rotatable bonds is 3. The van der Waals surface area contributed by atoms with E-state index < -0.39 is 10.0 Å². The summed E-state index contributed by atoms with van der Waals surface area (Å²) in [4.78, 5) is 1.21. The fourth-order valence-corrected chi connectivity index (χ4v) is 2.26. The molecule has 0 radical (unpaired) electrons. The Hall–Kier alpha value is -2.16. The molecule has 0 saturated carbocycles. The van der Waals surface area contributed by atoms with Crippen molar-refractivity contribution in [2.24, 2.45) is 7.05 Å². The van der Waals surface area contributed by atoms with Crippen LogP contribution in [0.15, 0.2) is 23.1 Å². The molecule has 8 nitrogen and oxygen atoms in total. The Morgan fingerprint density at radius 1 is 1.39 bits per heavy atom. The third kappa shape index (κ3) is 2.40. The fourth-order valence-electron chi connectivity index (χ4n) is 1.29. The molecule has 1 aromatic carbocycles. The molecule has 0 spiro atoms. The minimum Gasteiger partial charge on any atom is -0.398 e. The van der Waals surface area contributed by atoms with E-state index in [1.54, 1.807) is 13.0 Å². The summed E-state index contributed by atoms with van der Waals surface area (Å²) < 4.78 is 26.2. The first kappa shape index (κ1) is 12.3. The summed E-state index contributed by atoms with van der Waals surface area (Å²) in [5.41, 5.74) is 6.89. The topological polar surface area (TPSA) is 116 Å². The minimum absolute atomic E-state index is 0.0538. The Balaban J connectivity index is 2.33. The summed E-state index contributed by atoms with van der Waals surface area (Å²) in [5, 5.41) is 10.8. The van der Waals surface area contributed by atoms with E-state index in [9.17, 15) is 8.42 Å². The van der Waals surface area contributed by atoms with Crippen LogP contribution in [0.2, 0.25) is 0 Å². The Morgan fingerprint density at radius 3 is 2.67 bits per heavy atom. The molecule has 2 rings (SSSR count). The molecule has 0 bridgehead atoms. The molecule has 18 heavy (non-hydrogen) atoms. The Morgan fingerprint density at radius 2 is 2.11 bits per heavy atom. The highest BCUT2D eigenvalue weighted by molar-refractivity contribution is 7.92. The number of nitrogen functional groups attached to an aromatic ring is 1. The number of tetrazole rings is 1. The van der Waals surface area contributed by atoms with Crippen LogP contribution in [0.4, 0.5) is 11.6 Å². The molecule has 1 aromatic heterocycles. The number of nitrogens with one attached hydrogen (secondary N) is 1. The first-order chi connectivity index (χ1) is 8.38. The molecule has 0 amide bonds. The van der Waals surface area contributed by atoms with Gasteiger partial charge in [0.1, 0.15) is 0 Å². The van der Waals surface area contributed by atoms with Gasteiger partial charge in [-0.25, -0.2) is 13.1 Å². The molecule has 1 heterocycles. The summed E-state index contributed by atoms with van der Waals surface area (Å²) >= 11 is 0. The second kappa shape index (κ2) is 4.26. The first-order valence-corrected chi connectivity index (χ1v) is 6.50. The molecular weight excluding hydrogens is 256 g/mol. The van der Waals surface area contributed by atoms with Gasteiger partial charge in [0, 0.05) is 5.69 Å². The van der Waals surface area contributed by atoms with Crippen LogP contribution >= 0.6 is 0 Å². The molecule has 0 atom stereocenters. The second-order valence-corrected chi connectivity index (χ2v) is 5.41. The molecule has 0 aliphatic carbocycles. The number of hydrogen-bond donors (Lipinski definition) is 2. The molecule has 0 aliphatic rings. The summed E-state index contributed by atoms with van der Waals surface area (Å²) in [6.45, 7) is 1.80. The highest BCUT2D eigenvalue weighted by atomic mass is 32.2. The lowest BCUT2D eigenvalue weighted by atomic mass is 10.2. The molecule has 0 saturated heterocycles. The van der Waals surface area contributed by atoms with Crippen molar-refractivity contribution in [3.05, 3.63) is 23.8 Å². The standard InChI is InChI=1S/C9H12N6O2S/c1-6-3-4-7(5-8(6)10)18(16,17)13-9-11-14-15(2)12-9/h3-5H,10H2,1-2H3,(H,12,13). The van der Waals surface area contributed by atoms with Crippen LogP contribution < -0.4 is 10.5 Å². The van der Waals surface area contributed by atoms with E-state index in [1.165, 1.54) is 19.2 Å². The predicted octanol–water partition coefficient (Wildman–Crippen LogP) is -0.0985. The average Bonchev–Trinajstić information content (AvgIpc) is 2.67. The zero-order valence-electron chi connectivity index (χ0n) is 9.82. The maximum atomic E-state index is 12.0. The number of nitrogens with zero attached hydrogens (tertiary/aromatic N) is 4. The van der Waals surface area contributed by atoms with Gasteiger partial charge >= 0.3 is 0 Å². The van der Waals surface area contributed by atoms with Gasteiger partial charge in [-0.1, -0.05) is 11.2 Å². The first-order valence-electron chi connectivity index (χ1n) is 5.01. The fraction of sp³-hybridized carbons (Fsp3) is 0.222. The van der Waals surface area contributed by atoms with Gasteiger partial charge in [0.05, 0.1) is 11.9 Å². The zero-order chi connectivity index (χ0) is 13.3. The molecule has 0 aliphatic heterocycles. The largest absolute Gasteiger partial charge is 0.398 e. The van der Waals surface area contributed by atoms with Crippen molar-refractivity contribution in [1.29, 1.82) is 0 Å². The molecule has 0 unspecified atom stereocenters. The van der Waals surface area contributed by atoms with Crippen LogP contribution in [0.3, 0.4) is 0 Å². The van der Waals surface area contributed by atoms with Gasteiger partial charge < -0.3 is 5.73 Å². The quantitative estimate of drug-likeness (QED) is 0.751. The molecule has 0 fully saturated rings.